The third kappa shape index (κ3) is 4.96. The second-order valence-corrected chi connectivity index (χ2v) is 10.5. The Bertz CT molecular complexity index is 1350. The summed E-state index contributed by atoms with van der Waals surface area (Å²) in [7, 11) is 0. The van der Waals surface area contributed by atoms with E-state index in [2.05, 4.69) is 10.2 Å². The summed E-state index contributed by atoms with van der Waals surface area (Å²) in [5.74, 6) is -0.144. The summed E-state index contributed by atoms with van der Waals surface area (Å²) >= 11 is 7.60. The first-order chi connectivity index (χ1) is 16.7. The first-order valence-electron chi connectivity index (χ1n) is 11.6. The van der Waals surface area contributed by atoms with Crippen LogP contribution in [0.25, 0.3) is 10.2 Å². The van der Waals surface area contributed by atoms with E-state index >= 15 is 0 Å². The molecule has 0 atom stereocenters. The average Bonchev–Trinajstić information content (AvgIpc) is 3.44. The summed E-state index contributed by atoms with van der Waals surface area (Å²) in [4.78, 5) is 35.5. The van der Waals surface area contributed by atoms with E-state index in [1.165, 1.54) is 9.44 Å². The number of benzene rings is 1. The van der Waals surface area contributed by atoms with Crippen molar-refractivity contribution >= 4 is 44.7 Å². The molecule has 2 aromatic heterocycles. The molecule has 0 saturated carbocycles. The van der Waals surface area contributed by atoms with Crippen molar-refractivity contribution in [1.29, 1.82) is 0 Å². The minimum atomic E-state index is -4.57. The van der Waals surface area contributed by atoms with Gasteiger partial charge >= 0.3 is 6.18 Å². The number of halogens is 4. The van der Waals surface area contributed by atoms with Crippen molar-refractivity contribution < 1.29 is 18.0 Å². The van der Waals surface area contributed by atoms with Gasteiger partial charge in [-0.05, 0) is 75.4 Å². The minimum absolute atomic E-state index is 0.0172. The van der Waals surface area contributed by atoms with Gasteiger partial charge in [0, 0.05) is 4.88 Å². The SMILES string of the molecule is O=C(Cn1c(CN2CCCC2)nc2sc3c(c2c1=O)CCCC3)Nc1cc(C(F)(F)F)ccc1Cl. The van der Waals surface area contributed by atoms with Crippen LogP contribution in [0.2, 0.25) is 5.02 Å². The molecule has 35 heavy (non-hydrogen) atoms. The zero-order valence-electron chi connectivity index (χ0n) is 18.9. The van der Waals surface area contributed by atoms with Gasteiger partial charge in [0.15, 0.2) is 0 Å². The molecule has 186 valence electrons. The van der Waals surface area contributed by atoms with Crippen molar-refractivity contribution in [3.8, 4) is 0 Å². The molecule has 1 fully saturated rings. The molecule has 1 amide bonds. The number of fused-ring (bicyclic) bond motifs is 3. The molecule has 3 aromatic rings. The lowest BCUT2D eigenvalue weighted by Crippen LogP contribution is -2.34. The molecule has 1 aliphatic carbocycles. The van der Waals surface area contributed by atoms with E-state index in [0.717, 1.165) is 75.4 Å². The number of thiophene rings is 1. The normalized spacial score (nSPS) is 16.6. The zero-order valence-corrected chi connectivity index (χ0v) is 20.5. The number of rotatable bonds is 5. The van der Waals surface area contributed by atoms with Gasteiger partial charge in [-0.3, -0.25) is 19.1 Å². The van der Waals surface area contributed by atoms with Gasteiger partial charge in [-0.2, -0.15) is 13.2 Å². The van der Waals surface area contributed by atoms with E-state index in [1.807, 2.05) is 0 Å². The van der Waals surface area contributed by atoms with Gasteiger partial charge in [0.2, 0.25) is 5.91 Å². The summed E-state index contributed by atoms with van der Waals surface area (Å²) in [5.41, 5.74) is -0.315. The van der Waals surface area contributed by atoms with E-state index < -0.39 is 17.6 Å². The number of hydrogen-bond donors (Lipinski definition) is 1. The number of nitrogens with zero attached hydrogens (tertiary/aromatic N) is 3. The Balaban J connectivity index is 1.50. The topological polar surface area (TPSA) is 67.2 Å². The lowest BCUT2D eigenvalue weighted by atomic mass is 9.97. The van der Waals surface area contributed by atoms with E-state index in [-0.39, 0.29) is 22.8 Å². The average molecular weight is 525 g/mol. The molecule has 1 N–H and O–H groups in total. The molecule has 0 unspecified atom stereocenters. The second-order valence-electron chi connectivity index (χ2n) is 9.03. The quantitative estimate of drug-likeness (QED) is 0.495. The number of carbonyl (C=O) groups excluding carboxylic acids is 1. The highest BCUT2D eigenvalue weighted by Crippen LogP contribution is 2.35. The van der Waals surface area contributed by atoms with Gasteiger partial charge in [-0.1, -0.05) is 11.6 Å². The van der Waals surface area contributed by atoms with E-state index in [0.29, 0.717) is 22.6 Å². The molecule has 6 nitrogen and oxygen atoms in total. The van der Waals surface area contributed by atoms with Crippen molar-refractivity contribution in [2.45, 2.75) is 57.8 Å². The molecule has 11 heteroatoms. The molecule has 0 bridgehead atoms. The van der Waals surface area contributed by atoms with Crippen LogP contribution in [0.3, 0.4) is 0 Å². The van der Waals surface area contributed by atoms with Crippen molar-refractivity contribution in [2.75, 3.05) is 18.4 Å². The number of likely N-dealkylation sites (tertiary alicyclic amines) is 1. The number of hydrogen-bond acceptors (Lipinski definition) is 5. The summed E-state index contributed by atoms with van der Waals surface area (Å²) in [6.07, 6.45) is 1.37. The second kappa shape index (κ2) is 9.55. The Labute approximate surface area is 208 Å². The van der Waals surface area contributed by atoms with Crippen molar-refractivity contribution in [3.63, 3.8) is 0 Å². The van der Waals surface area contributed by atoms with Crippen molar-refractivity contribution in [3.05, 3.63) is 55.4 Å². The van der Waals surface area contributed by atoms with Crippen molar-refractivity contribution in [1.82, 2.24) is 14.5 Å². The molecule has 1 saturated heterocycles. The van der Waals surface area contributed by atoms with Crippen LogP contribution < -0.4 is 10.9 Å². The third-order valence-corrected chi connectivity index (χ3v) is 8.10. The van der Waals surface area contributed by atoms with Gasteiger partial charge < -0.3 is 5.32 Å². The fourth-order valence-corrected chi connectivity index (χ4v) is 6.27. The number of nitrogens with one attached hydrogen (secondary N) is 1. The van der Waals surface area contributed by atoms with Gasteiger partial charge in [0.05, 0.1) is 28.2 Å². The Morgan fingerprint density at radius 2 is 1.89 bits per heavy atom. The lowest BCUT2D eigenvalue weighted by molar-refractivity contribution is -0.137. The van der Waals surface area contributed by atoms with E-state index in [1.54, 1.807) is 11.3 Å². The van der Waals surface area contributed by atoms with Crippen LogP contribution in [0.15, 0.2) is 23.0 Å². The van der Waals surface area contributed by atoms with Crippen LogP contribution >= 0.6 is 22.9 Å². The highest BCUT2D eigenvalue weighted by Gasteiger charge is 2.31. The highest BCUT2D eigenvalue weighted by atomic mass is 35.5. The largest absolute Gasteiger partial charge is 0.416 e. The Hall–Kier alpha value is -2.43. The molecule has 5 rings (SSSR count). The zero-order chi connectivity index (χ0) is 24.7. The van der Waals surface area contributed by atoms with Crippen LogP contribution in [0.4, 0.5) is 18.9 Å². The maximum absolute atomic E-state index is 13.7. The number of aryl methyl sites for hydroxylation is 2. The fraction of sp³-hybridized carbons (Fsp3) is 0.458. The number of aromatic nitrogens is 2. The monoisotopic (exact) mass is 524 g/mol. The number of carbonyl (C=O) groups is 1. The summed E-state index contributed by atoms with van der Waals surface area (Å²) in [5, 5.41) is 3.01. The number of anilines is 1. The Morgan fingerprint density at radius 1 is 1.14 bits per heavy atom. The molecule has 0 radical (unpaired) electrons. The van der Waals surface area contributed by atoms with Crippen molar-refractivity contribution in [2.24, 2.45) is 0 Å². The van der Waals surface area contributed by atoms with E-state index in [9.17, 15) is 22.8 Å². The summed E-state index contributed by atoms with van der Waals surface area (Å²) < 4.78 is 40.8. The molecule has 1 aromatic carbocycles. The van der Waals surface area contributed by atoms with Crippen LogP contribution in [0.5, 0.6) is 0 Å². The smallest absolute Gasteiger partial charge is 0.323 e. The molecule has 2 aliphatic rings. The predicted octanol–water partition coefficient (Wildman–Crippen LogP) is 5.24. The third-order valence-electron chi connectivity index (χ3n) is 6.59. The fourth-order valence-electron chi connectivity index (χ4n) is 4.84. The predicted molar refractivity (Wildman–Crippen MR) is 130 cm³/mol. The summed E-state index contributed by atoms with van der Waals surface area (Å²) in [6, 6.07) is 2.75. The molecule has 1 aliphatic heterocycles. The van der Waals surface area contributed by atoms with E-state index in [4.69, 9.17) is 16.6 Å². The first-order valence-corrected chi connectivity index (χ1v) is 12.8. The maximum atomic E-state index is 13.7. The van der Waals surface area contributed by atoms with Crippen LogP contribution in [0, 0.1) is 0 Å². The van der Waals surface area contributed by atoms with Crippen LogP contribution in [-0.2, 0) is 36.9 Å². The van der Waals surface area contributed by atoms with Gasteiger partial charge in [0.25, 0.3) is 5.56 Å². The highest BCUT2D eigenvalue weighted by molar-refractivity contribution is 7.18. The number of amides is 1. The van der Waals surface area contributed by atoms with Gasteiger partial charge in [-0.15, -0.1) is 11.3 Å². The Kier molecular flexibility index (Phi) is 6.63. The van der Waals surface area contributed by atoms with Gasteiger partial charge in [0.1, 0.15) is 17.2 Å². The van der Waals surface area contributed by atoms with Crippen LogP contribution in [-0.4, -0.2) is 33.4 Å². The van der Waals surface area contributed by atoms with Gasteiger partial charge in [-0.25, -0.2) is 4.98 Å². The Morgan fingerprint density at radius 3 is 2.63 bits per heavy atom. The standard InChI is InChI=1S/C24H24ClF3N4O2S/c25-16-8-7-14(24(26,27)28)11-17(16)29-20(33)13-32-19(12-31-9-3-4-10-31)30-22-21(23(32)34)15-5-1-2-6-18(15)35-22/h7-8,11H,1-6,9-10,12-13H2,(H,29,33). The number of alkyl halides is 3. The summed E-state index contributed by atoms with van der Waals surface area (Å²) in [6.45, 7) is 1.86. The van der Waals surface area contributed by atoms with Crippen LogP contribution in [0.1, 0.15) is 47.5 Å². The molecule has 0 spiro atoms. The lowest BCUT2D eigenvalue weighted by Gasteiger charge is -2.19. The maximum Gasteiger partial charge on any atom is 0.416 e. The molecule has 3 heterocycles. The minimum Gasteiger partial charge on any atom is -0.323 e. The molecular formula is C24H24ClF3N4O2S. The first kappa shape index (κ1) is 24.3. The molecular weight excluding hydrogens is 501 g/mol.